The first-order valence-electron chi connectivity index (χ1n) is 5.67. The number of rotatable bonds is 4. The summed E-state index contributed by atoms with van der Waals surface area (Å²) in [4.78, 5) is 11.6. The van der Waals surface area contributed by atoms with Crippen molar-refractivity contribution in [2.24, 2.45) is 0 Å². The van der Waals surface area contributed by atoms with Crippen molar-refractivity contribution in [2.45, 2.75) is 10.6 Å². The van der Waals surface area contributed by atoms with Gasteiger partial charge >= 0.3 is 5.97 Å². The van der Waals surface area contributed by atoms with E-state index in [1.165, 1.54) is 23.9 Å². The van der Waals surface area contributed by atoms with Crippen LogP contribution < -0.4 is 5.73 Å². The second kappa shape index (κ2) is 6.28. The number of carboxylic acid groups (broad SMARTS) is 1. The Morgan fingerprint density at radius 2 is 2.05 bits per heavy atom. The zero-order valence-electron chi connectivity index (χ0n) is 10.3. The lowest BCUT2D eigenvalue weighted by atomic mass is 10.1. The van der Waals surface area contributed by atoms with Crippen molar-refractivity contribution in [3.05, 3.63) is 57.8 Å². The number of nitrogen functional groups attached to an aromatic ring is 1. The van der Waals surface area contributed by atoms with Crippen LogP contribution in [0.25, 0.3) is 0 Å². The molecule has 0 aliphatic carbocycles. The van der Waals surface area contributed by atoms with Crippen LogP contribution in [-0.4, -0.2) is 11.1 Å². The van der Waals surface area contributed by atoms with Gasteiger partial charge in [0, 0.05) is 20.8 Å². The van der Waals surface area contributed by atoms with Gasteiger partial charge < -0.3 is 10.8 Å². The molecule has 20 heavy (non-hydrogen) atoms. The molecular weight excluding hydrogens is 345 g/mol. The largest absolute Gasteiger partial charge is 0.478 e. The molecular formula is C14H11BrFNO2S. The van der Waals surface area contributed by atoms with Gasteiger partial charge in [0.25, 0.3) is 0 Å². The monoisotopic (exact) mass is 355 g/mol. The molecule has 0 aliphatic rings. The highest BCUT2D eigenvalue weighted by atomic mass is 79.9. The number of carboxylic acids is 1. The van der Waals surface area contributed by atoms with Gasteiger partial charge in [-0.15, -0.1) is 11.8 Å². The van der Waals surface area contributed by atoms with Crippen LogP contribution in [0.5, 0.6) is 0 Å². The molecule has 0 saturated carbocycles. The molecule has 0 fully saturated rings. The maximum Gasteiger partial charge on any atom is 0.338 e. The third-order valence-corrected chi connectivity index (χ3v) is 4.27. The van der Waals surface area contributed by atoms with Crippen LogP contribution in [-0.2, 0) is 5.75 Å². The normalized spacial score (nSPS) is 10.5. The van der Waals surface area contributed by atoms with E-state index in [9.17, 15) is 9.18 Å². The lowest BCUT2D eigenvalue weighted by Gasteiger charge is -2.07. The minimum Gasteiger partial charge on any atom is -0.478 e. The van der Waals surface area contributed by atoms with E-state index in [4.69, 9.17) is 10.8 Å². The highest BCUT2D eigenvalue weighted by molar-refractivity contribution is 9.10. The van der Waals surface area contributed by atoms with Crippen LogP contribution >= 0.6 is 27.7 Å². The predicted octanol–water partition coefficient (Wildman–Crippen LogP) is 4.16. The third-order valence-electron chi connectivity index (χ3n) is 2.63. The molecule has 0 saturated heterocycles. The number of hydrogen-bond donors (Lipinski definition) is 2. The molecule has 3 N–H and O–H groups in total. The fourth-order valence-corrected chi connectivity index (χ4v) is 3.08. The average molecular weight is 356 g/mol. The molecule has 0 aliphatic heterocycles. The molecule has 104 valence electrons. The number of thioether (sulfide) groups is 1. The number of nitrogens with two attached hydrogens (primary N) is 1. The maximum atomic E-state index is 13.5. The SMILES string of the molecule is Nc1ccc(Br)cc1SCc1ccc(C(=O)O)c(F)c1. The summed E-state index contributed by atoms with van der Waals surface area (Å²) >= 11 is 4.83. The minimum atomic E-state index is -1.27. The molecule has 0 atom stereocenters. The van der Waals surface area contributed by atoms with Gasteiger partial charge in [-0.05, 0) is 35.9 Å². The van der Waals surface area contributed by atoms with Crippen LogP contribution in [0.2, 0.25) is 0 Å². The Labute approximate surface area is 128 Å². The van der Waals surface area contributed by atoms with Crippen molar-refractivity contribution in [3.8, 4) is 0 Å². The first-order chi connectivity index (χ1) is 9.47. The fourth-order valence-electron chi connectivity index (χ4n) is 1.62. The van der Waals surface area contributed by atoms with Crippen molar-refractivity contribution in [3.63, 3.8) is 0 Å². The predicted molar refractivity (Wildman–Crippen MR) is 81.5 cm³/mol. The molecule has 0 bridgehead atoms. The number of halogens is 2. The van der Waals surface area contributed by atoms with Gasteiger partial charge in [-0.3, -0.25) is 0 Å². The second-order valence-electron chi connectivity index (χ2n) is 4.09. The Balaban J connectivity index is 2.13. The second-order valence-corrected chi connectivity index (χ2v) is 6.02. The molecule has 0 radical (unpaired) electrons. The van der Waals surface area contributed by atoms with E-state index in [2.05, 4.69) is 15.9 Å². The molecule has 0 spiro atoms. The maximum absolute atomic E-state index is 13.5. The van der Waals surface area contributed by atoms with Gasteiger partial charge in [-0.1, -0.05) is 22.0 Å². The number of anilines is 1. The Morgan fingerprint density at radius 3 is 2.70 bits per heavy atom. The Bertz CT molecular complexity index is 664. The number of aromatic carboxylic acids is 1. The van der Waals surface area contributed by atoms with E-state index in [1.54, 1.807) is 12.1 Å². The van der Waals surface area contributed by atoms with E-state index in [0.29, 0.717) is 17.0 Å². The summed E-state index contributed by atoms with van der Waals surface area (Å²) in [5, 5.41) is 8.76. The fraction of sp³-hybridized carbons (Fsp3) is 0.0714. The molecule has 2 rings (SSSR count). The average Bonchev–Trinajstić information content (AvgIpc) is 2.39. The topological polar surface area (TPSA) is 63.3 Å². The number of hydrogen-bond acceptors (Lipinski definition) is 3. The molecule has 2 aromatic rings. The quantitative estimate of drug-likeness (QED) is 0.638. The summed E-state index contributed by atoms with van der Waals surface area (Å²) in [6.07, 6.45) is 0. The van der Waals surface area contributed by atoms with E-state index in [1.807, 2.05) is 12.1 Å². The van der Waals surface area contributed by atoms with Gasteiger partial charge in [-0.2, -0.15) is 0 Å². The summed E-state index contributed by atoms with van der Waals surface area (Å²) < 4.78 is 14.5. The molecule has 0 unspecified atom stereocenters. The van der Waals surface area contributed by atoms with Crippen LogP contribution in [0.1, 0.15) is 15.9 Å². The molecule has 6 heteroatoms. The van der Waals surface area contributed by atoms with Gasteiger partial charge in [0.1, 0.15) is 5.82 Å². The Morgan fingerprint density at radius 1 is 1.30 bits per heavy atom. The van der Waals surface area contributed by atoms with E-state index < -0.39 is 11.8 Å². The van der Waals surface area contributed by atoms with Gasteiger partial charge in [0.05, 0.1) is 5.56 Å². The van der Waals surface area contributed by atoms with Crippen LogP contribution in [0.3, 0.4) is 0 Å². The van der Waals surface area contributed by atoms with Gasteiger partial charge in [0.2, 0.25) is 0 Å². The molecule has 3 nitrogen and oxygen atoms in total. The summed E-state index contributed by atoms with van der Waals surface area (Å²) in [6, 6.07) is 9.65. The highest BCUT2D eigenvalue weighted by Gasteiger charge is 2.10. The zero-order valence-corrected chi connectivity index (χ0v) is 12.7. The smallest absolute Gasteiger partial charge is 0.338 e. The van der Waals surface area contributed by atoms with Crippen LogP contribution in [0, 0.1) is 5.82 Å². The Hall–Kier alpha value is -1.53. The van der Waals surface area contributed by atoms with E-state index in [-0.39, 0.29) is 5.56 Å². The van der Waals surface area contributed by atoms with Crippen LogP contribution in [0.4, 0.5) is 10.1 Å². The van der Waals surface area contributed by atoms with Gasteiger partial charge in [0.15, 0.2) is 0 Å². The third kappa shape index (κ3) is 3.52. The zero-order chi connectivity index (χ0) is 14.7. The minimum absolute atomic E-state index is 0.319. The summed E-state index contributed by atoms with van der Waals surface area (Å²) in [7, 11) is 0. The summed E-state index contributed by atoms with van der Waals surface area (Å²) in [6.45, 7) is 0. The molecule has 0 aromatic heterocycles. The van der Waals surface area contributed by atoms with Crippen molar-refractivity contribution < 1.29 is 14.3 Å². The van der Waals surface area contributed by atoms with E-state index in [0.717, 1.165) is 9.37 Å². The van der Waals surface area contributed by atoms with Crippen molar-refractivity contribution in [2.75, 3.05) is 5.73 Å². The van der Waals surface area contributed by atoms with Crippen LogP contribution in [0.15, 0.2) is 45.8 Å². The Kier molecular flexibility index (Phi) is 4.67. The summed E-state index contributed by atoms with van der Waals surface area (Å²) in [5.41, 5.74) is 6.89. The molecule has 0 heterocycles. The highest BCUT2D eigenvalue weighted by Crippen LogP contribution is 2.31. The lowest BCUT2D eigenvalue weighted by Crippen LogP contribution is -2.00. The van der Waals surface area contributed by atoms with Crippen molar-refractivity contribution in [1.82, 2.24) is 0 Å². The van der Waals surface area contributed by atoms with Crippen molar-refractivity contribution >= 4 is 39.3 Å². The first-order valence-corrected chi connectivity index (χ1v) is 7.45. The molecule has 0 amide bonds. The molecule has 2 aromatic carbocycles. The summed E-state index contributed by atoms with van der Waals surface area (Å²) in [5.74, 6) is -1.48. The number of carbonyl (C=O) groups is 1. The standard InChI is InChI=1S/C14H11BrFNO2S/c15-9-2-4-12(17)13(6-9)20-7-8-1-3-10(14(18)19)11(16)5-8/h1-6H,7,17H2,(H,18,19). The lowest BCUT2D eigenvalue weighted by molar-refractivity contribution is 0.0692. The number of benzene rings is 2. The van der Waals surface area contributed by atoms with Gasteiger partial charge in [-0.25, -0.2) is 9.18 Å². The first kappa shape index (κ1) is 14.9. The van der Waals surface area contributed by atoms with E-state index >= 15 is 0 Å². The van der Waals surface area contributed by atoms with Crippen molar-refractivity contribution in [1.29, 1.82) is 0 Å².